The Morgan fingerprint density at radius 2 is 1.61 bits per heavy atom. The fraction of sp³-hybridized carbons (Fsp3) is 0.571. The van der Waals surface area contributed by atoms with Crippen LogP contribution in [-0.2, 0) is 46.7 Å². The maximum Gasteiger partial charge on any atom is 0.197 e. The van der Waals surface area contributed by atoms with Crippen LogP contribution in [0.4, 0.5) is 0 Å². The Morgan fingerprint density at radius 1 is 0.944 bits per heavy atom. The van der Waals surface area contributed by atoms with Crippen LogP contribution in [0.3, 0.4) is 0 Å². The molecule has 0 saturated carbocycles. The lowest BCUT2D eigenvalue weighted by Crippen LogP contribution is -2.67. The van der Waals surface area contributed by atoms with Crippen molar-refractivity contribution < 1.29 is 34.8 Å². The molecule has 1 saturated heterocycles. The third-order valence-corrected chi connectivity index (χ3v) is 6.36. The molecule has 0 amide bonds. The third-order valence-electron chi connectivity index (χ3n) is 6.04. The van der Waals surface area contributed by atoms with Crippen molar-refractivity contribution in [2.45, 2.75) is 70.1 Å². The van der Waals surface area contributed by atoms with Crippen LogP contribution in [0.25, 0.3) is 0 Å². The van der Waals surface area contributed by atoms with Gasteiger partial charge in [0, 0.05) is 25.4 Å². The molecule has 1 heterocycles. The second kappa shape index (κ2) is 15.8. The van der Waals surface area contributed by atoms with Gasteiger partial charge in [-0.2, -0.15) is 0 Å². The first kappa shape index (κ1) is 27.7. The van der Waals surface area contributed by atoms with E-state index in [1.807, 2.05) is 74.5 Å². The number of rotatable bonds is 16. The first-order valence-electron chi connectivity index (χ1n) is 13.1. The number of benzene rings is 2. The van der Waals surface area contributed by atoms with Crippen molar-refractivity contribution in [3.05, 3.63) is 71.8 Å². The van der Waals surface area contributed by atoms with Crippen LogP contribution in [0.15, 0.2) is 60.7 Å². The summed E-state index contributed by atoms with van der Waals surface area (Å²) in [6, 6.07) is 19.8. The summed E-state index contributed by atoms with van der Waals surface area (Å²) in [5, 5.41) is 0.599. The molecule has 7 nitrogen and oxygen atoms in total. The van der Waals surface area contributed by atoms with E-state index in [9.17, 15) is 0 Å². The SMILES string of the molecule is [2H]C(CC)O[C@H]1[C@H](OOCCBr)[C@@H](COCc2ccccc2)OC(CC)(OC)[C@@H]1OCc1ccccc1. The largest absolute Gasteiger partial charge is 0.374 e. The van der Waals surface area contributed by atoms with Crippen molar-refractivity contribution in [1.82, 2.24) is 0 Å². The van der Waals surface area contributed by atoms with E-state index in [-0.39, 0.29) is 6.61 Å². The van der Waals surface area contributed by atoms with Crippen LogP contribution in [0.1, 0.15) is 39.2 Å². The van der Waals surface area contributed by atoms with E-state index in [1.165, 1.54) is 0 Å². The summed E-state index contributed by atoms with van der Waals surface area (Å²) in [5.41, 5.74) is 2.05. The quantitative estimate of drug-likeness (QED) is 0.116. The summed E-state index contributed by atoms with van der Waals surface area (Å²) >= 11 is 3.36. The Kier molecular flexibility index (Phi) is 12.1. The molecule has 0 bridgehead atoms. The van der Waals surface area contributed by atoms with Gasteiger partial charge in [-0.3, -0.25) is 0 Å². The molecule has 2 aromatic carbocycles. The fourth-order valence-corrected chi connectivity index (χ4v) is 4.36. The van der Waals surface area contributed by atoms with Crippen molar-refractivity contribution >= 4 is 15.9 Å². The minimum atomic E-state index is -1.14. The molecule has 6 atom stereocenters. The number of methoxy groups -OCH3 is 1. The van der Waals surface area contributed by atoms with Crippen molar-refractivity contribution in [3.8, 4) is 0 Å². The van der Waals surface area contributed by atoms with Gasteiger partial charge in [0.25, 0.3) is 0 Å². The molecule has 0 aromatic heterocycles. The molecule has 0 aliphatic carbocycles. The predicted octanol–water partition coefficient (Wildman–Crippen LogP) is 5.45. The second-order valence-corrected chi connectivity index (χ2v) is 9.28. The Labute approximate surface area is 224 Å². The maximum atomic E-state index is 8.41. The van der Waals surface area contributed by atoms with Gasteiger partial charge in [-0.1, -0.05) is 90.4 Å². The normalized spacial score (nSPS) is 27.5. The summed E-state index contributed by atoms with van der Waals surface area (Å²) in [5.74, 6) is -1.14. The molecule has 1 fully saturated rings. The summed E-state index contributed by atoms with van der Waals surface area (Å²) in [6.07, 6.45) is -1.72. The summed E-state index contributed by atoms with van der Waals surface area (Å²) < 4.78 is 39.7. The number of hydrogen-bond acceptors (Lipinski definition) is 7. The van der Waals surface area contributed by atoms with Crippen LogP contribution in [0.5, 0.6) is 0 Å². The van der Waals surface area contributed by atoms with Crippen LogP contribution in [0, 0.1) is 0 Å². The number of alkyl halides is 1. The molecule has 36 heavy (non-hydrogen) atoms. The van der Waals surface area contributed by atoms with Crippen LogP contribution < -0.4 is 0 Å². The highest BCUT2D eigenvalue weighted by Crippen LogP contribution is 2.39. The minimum absolute atomic E-state index is 0.211. The Bertz CT molecular complexity index is 871. The summed E-state index contributed by atoms with van der Waals surface area (Å²) in [6.45, 7) is 4.36. The molecule has 0 spiro atoms. The van der Waals surface area contributed by atoms with Gasteiger partial charge in [0.05, 0.1) is 27.8 Å². The highest BCUT2D eigenvalue weighted by atomic mass is 79.9. The van der Waals surface area contributed by atoms with Gasteiger partial charge in [-0.25, -0.2) is 9.78 Å². The monoisotopic (exact) mass is 567 g/mol. The zero-order valence-electron chi connectivity index (χ0n) is 22.3. The molecule has 1 aliphatic rings. The van der Waals surface area contributed by atoms with Gasteiger partial charge in [-0.15, -0.1) is 0 Å². The maximum absolute atomic E-state index is 8.41. The highest BCUT2D eigenvalue weighted by Gasteiger charge is 2.57. The standard InChI is InChI=1S/C28H39BrO7/c1-4-17-32-26-25(36-34-18-16-29)24(21-31-19-22-12-8-6-9-13-22)35-28(5-2,30-3)27(26)33-20-23-14-10-7-11-15-23/h6-15,24-27H,4-5,16-21H2,1-3H3/t24-,25-,26+,27-,28?/m1/s1/i17D/t17?,24-,25-,26+,27-,28?. The molecule has 3 rings (SSSR count). The lowest BCUT2D eigenvalue weighted by atomic mass is 9.90. The number of ether oxygens (including phenoxy) is 5. The average Bonchev–Trinajstić information content (AvgIpc) is 2.94. The van der Waals surface area contributed by atoms with E-state index in [0.29, 0.717) is 38.0 Å². The van der Waals surface area contributed by atoms with Gasteiger partial charge in [0.15, 0.2) is 11.9 Å². The van der Waals surface area contributed by atoms with Gasteiger partial charge in [0.2, 0.25) is 0 Å². The van der Waals surface area contributed by atoms with Gasteiger partial charge >= 0.3 is 0 Å². The molecular formula is C28H39BrO7. The van der Waals surface area contributed by atoms with E-state index in [0.717, 1.165) is 11.1 Å². The molecule has 2 unspecified atom stereocenters. The molecule has 8 heteroatoms. The van der Waals surface area contributed by atoms with E-state index in [2.05, 4.69) is 15.9 Å². The van der Waals surface area contributed by atoms with E-state index in [1.54, 1.807) is 7.11 Å². The molecule has 2 aromatic rings. The van der Waals surface area contributed by atoms with Gasteiger partial charge < -0.3 is 23.7 Å². The molecule has 0 N–H and O–H groups in total. The second-order valence-electron chi connectivity index (χ2n) is 8.49. The predicted molar refractivity (Wildman–Crippen MR) is 141 cm³/mol. The van der Waals surface area contributed by atoms with Crippen molar-refractivity contribution in [2.75, 3.05) is 32.2 Å². The number of halogens is 1. The topological polar surface area (TPSA) is 64.6 Å². The van der Waals surface area contributed by atoms with Crippen LogP contribution in [0.2, 0.25) is 0 Å². The third kappa shape index (κ3) is 8.07. The van der Waals surface area contributed by atoms with Crippen LogP contribution in [-0.4, -0.2) is 62.4 Å². The minimum Gasteiger partial charge on any atom is -0.374 e. The zero-order chi connectivity index (χ0) is 26.5. The summed E-state index contributed by atoms with van der Waals surface area (Å²) in [7, 11) is 1.60. The van der Waals surface area contributed by atoms with Crippen molar-refractivity contribution in [1.29, 1.82) is 0 Å². The Morgan fingerprint density at radius 3 is 2.19 bits per heavy atom. The smallest absolute Gasteiger partial charge is 0.197 e. The highest BCUT2D eigenvalue weighted by molar-refractivity contribution is 9.09. The van der Waals surface area contributed by atoms with E-state index in [4.69, 9.17) is 34.8 Å². The van der Waals surface area contributed by atoms with Crippen molar-refractivity contribution in [2.24, 2.45) is 0 Å². The zero-order valence-corrected chi connectivity index (χ0v) is 22.9. The Hall–Kier alpha value is -1.36. The van der Waals surface area contributed by atoms with E-state index >= 15 is 0 Å². The lowest BCUT2D eigenvalue weighted by molar-refractivity contribution is -0.426. The lowest BCUT2D eigenvalue weighted by Gasteiger charge is -2.51. The molecule has 1 aliphatic heterocycles. The Balaban J connectivity index is 1.88. The average molecular weight is 569 g/mol. The van der Waals surface area contributed by atoms with E-state index < -0.39 is 36.8 Å². The first-order valence-corrected chi connectivity index (χ1v) is 13.6. The molecular weight excluding hydrogens is 528 g/mol. The van der Waals surface area contributed by atoms with Gasteiger partial charge in [0.1, 0.15) is 18.3 Å². The number of hydrogen-bond donors (Lipinski definition) is 0. The fourth-order valence-electron chi connectivity index (χ4n) is 4.23. The summed E-state index contributed by atoms with van der Waals surface area (Å²) in [4.78, 5) is 11.4. The molecule has 0 radical (unpaired) electrons. The van der Waals surface area contributed by atoms with Crippen molar-refractivity contribution in [3.63, 3.8) is 0 Å². The molecule has 200 valence electrons. The van der Waals surface area contributed by atoms with Crippen LogP contribution >= 0.6 is 15.9 Å². The van der Waals surface area contributed by atoms with Gasteiger partial charge in [-0.05, 0) is 17.5 Å². The first-order chi connectivity index (χ1) is 18.1.